The van der Waals surface area contributed by atoms with Crippen molar-refractivity contribution in [3.8, 4) is 0 Å². The van der Waals surface area contributed by atoms with E-state index in [0.717, 1.165) is 26.1 Å². The third kappa shape index (κ3) is 2.58. The predicted molar refractivity (Wildman–Crippen MR) is 59.4 cm³/mol. The van der Waals surface area contributed by atoms with Crippen LogP contribution in [0.5, 0.6) is 0 Å². The van der Waals surface area contributed by atoms with Crippen LogP contribution in [-0.2, 0) is 4.74 Å². The van der Waals surface area contributed by atoms with Gasteiger partial charge in [0.15, 0.2) is 0 Å². The zero-order valence-corrected chi connectivity index (χ0v) is 9.17. The molecule has 0 aromatic heterocycles. The second-order valence-electron chi connectivity index (χ2n) is 3.78. The molecule has 2 rings (SSSR count). The van der Waals surface area contributed by atoms with Crippen LogP contribution in [0.3, 0.4) is 0 Å². The molecule has 1 aliphatic heterocycles. The Labute approximate surface area is 94.2 Å². The molecule has 0 N–H and O–H groups in total. The number of rotatable bonds is 2. The first-order chi connectivity index (χ1) is 7.27. The number of halogens is 1. The molecule has 0 unspecified atom stereocenters. The molecule has 1 fully saturated rings. The third-order valence-electron chi connectivity index (χ3n) is 2.83. The van der Waals surface area contributed by atoms with E-state index < -0.39 is 5.24 Å². The third-order valence-corrected chi connectivity index (χ3v) is 3.05. The van der Waals surface area contributed by atoms with Gasteiger partial charge in [-0.1, -0.05) is 12.1 Å². The van der Waals surface area contributed by atoms with Gasteiger partial charge in [0, 0.05) is 18.8 Å². The summed E-state index contributed by atoms with van der Waals surface area (Å²) >= 11 is 5.38. The van der Waals surface area contributed by atoms with E-state index in [2.05, 4.69) is 0 Å². The molecule has 1 aromatic carbocycles. The van der Waals surface area contributed by atoms with Gasteiger partial charge in [0.05, 0.1) is 0 Å². The van der Waals surface area contributed by atoms with Gasteiger partial charge >= 0.3 is 0 Å². The van der Waals surface area contributed by atoms with Gasteiger partial charge in [-0.15, -0.1) is 0 Å². The summed E-state index contributed by atoms with van der Waals surface area (Å²) in [6.45, 7) is 1.67. The first kappa shape index (κ1) is 10.7. The summed E-state index contributed by atoms with van der Waals surface area (Å²) in [6.07, 6.45) is 2.13. The van der Waals surface area contributed by atoms with Gasteiger partial charge < -0.3 is 4.74 Å². The molecule has 1 saturated heterocycles. The summed E-state index contributed by atoms with van der Waals surface area (Å²) in [6, 6.07) is 7.57. The van der Waals surface area contributed by atoms with Crippen LogP contribution in [0.2, 0.25) is 0 Å². The van der Waals surface area contributed by atoms with Gasteiger partial charge in [0.2, 0.25) is 0 Å². The van der Waals surface area contributed by atoms with Crippen molar-refractivity contribution in [3.63, 3.8) is 0 Å². The minimum absolute atomic E-state index is 0.395. The Balaban J connectivity index is 2.11. The van der Waals surface area contributed by atoms with Crippen molar-refractivity contribution in [1.29, 1.82) is 0 Å². The zero-order chi connectivity index (χ0) is 10.7. The van der Waals surface area contributed by atoms with Crippen LogP contribution < -0.4 is 0 Å². The molecule has 15 heavy (non-hydrogen) atoms. The van der Waals surface area contributed by atoms with Gasteiger partial charge in [0.25, 0.3) is 5.24 Å². The first-order valence-electron chi connectivity index (χ1n) is 5.15. The molecule has 3 heteroatoms. The van der Waals surface area contributed by atoms with E-state index in [1.807, 2.05) is 12.1 Å². The average molecular weight is 225 g/mol. The van der Waals surface area contributed by atoms with E-state index in [9.17, 15) is 4.79 Å². The summed E-state index contributed by atoms with van der Waals surface area (Å²) < 4.78 is 5.31. The number of hydrogen-bond acceptors (Lipinski definition) is 2. The van der Waals surface area contributed by atoms with E-state index in [-0.39, 0.29) is 0 Å². The van der Waals surface area contributed by atoms with Crippen molar-refractivity contribution in [2.45, 2.75) is 18.8 Å². The molecule has 0 atom stereocenters. The van der Waals surface area contributed by atoms with Crippen LogP contribution >= 0.6 is 11.6 Å². The second kappa shape index (κ2) is 4.77. The van der Waals surface area contributed by atoms with E-state index in [1.54, 1.807) is 12.1 Å². The number of benzene rings is 1. The summed E-state index contributed by atoms with van der Waals surface area (Å²) in [5.74, 6) is 0.568. The zero-order valence-electron chi connectivity index (χ0n) is 8.41. The van der Waals surface area contributed by atoms with Crippen molar-refractivity contribution in [3.05, 3.63) is 35.4 Å². The van der Waals surface area contributed by atoms with E-state index >= 15 is 0 Å². The fraction of sp³-hybridized carbons (Fsp3) is 0.417. The van der Waals surface area contributed by atoms with Crippen molar-refractivity contribution < 1.29 is 9.53 Å². The standard InChI is InChI=1S/C12H13ClO2/c13-12(14)11-3-1-9(2-4-11)10-5-7-15-8-6-10/h1-4,10H,5-8H2. The Hall–Kier alpha value is -0.860. The Morgan fingerprint density at radius 1 is 1.20 bits per heavy atom. The molecule has 2 nitrogen and oxygen atoms in total. The molecule has 0 amide bonds. The van der Waals surface area contributed by atoms with Crippen LogP contribution in [0.4, 0.5) is 0 Å². The van der Waals surface area contributed by atoms with Gasteiger partial charge in [-0.2, -0.15) is 0 Å². The Bertz CT molecular complexity index is 339. The molecule has 1 aromatic rings. The van der Waals surface area contributed by atoms with Gasteiger partial charge in [-0.25, -0.2) is 0 Å². The SMILES string of the molecule is O=C(Cl)c1ccc(C2CCOCC2)cc1. The lowest BCUT2D eigenvalue weighted by atomic mass is 9.91. The Morgan fingerprint density at radius 2 is 1.80 bits per heavy atom. The highest BCUT2D eigenvalue weighted by Gasteiger charge is 2.15. The molecular formula is C12H13ClO2. The maximum atomic E-state index is 10.9. The largest absolute Gasteiger partial charge is 0.381 e. The molecule has 0 radical (unpaired) electrons. The maximum absolute atomic E-state index is 10.9. The van der Waals surface area contributed by atoms with Crippen LogP contribution in [0.25, 0.3) is 0 Å². The monoisotopic (exact) mass is 224 g/mol. The molecular weight excluding hydrogens is 212 g/mol. The predicted octanol–water partition coefficient (Wildman–Crippen LogP) is 2.96. The average Bonchev–Trinajstić information content (AvgIpc) is 2.30. The topological polar surface area (TPSA) is 26.3 Å². The summed E-state index contributed by atoms with van der Waals surface area (Å²) in [5.41, 5.74) is 1.84. The summed E-state index contributed by atoms with van der Waals surface area (Å²) in [5, 5.41) is -0.395. The molecule has 0 saturated carbocycles. The molecule has 80 valence electrons. The second-order valence-corrected chi connectivity index (χ2v) is 4.13. The minimum atomic E-state index is -0.395. The molecule has 0 spiro atoms. The lowest BCUT2D eigenvalue weighted by Gasteiger charge is -2.22. The number of carbonyl (C=O) groups excluding carboxylic acids is 1. The van der Waals surface area contributed by atoms with Crippen LogP contribution in [0, 0.1) is 0 Å². The normalized spacial score (nSPS) is 17.7. The van der Waals surface area contributed by atoms with Crippen molar-refractivity contribution in [1.82, 2.24) is 0 Å². The van der Waals surface area contributed by atoms with Crippen molar-refractivity contribution >= 4 is 16.8 Å². The fourth-order valence-electron chi connectivity index (χ4n) is 1.92. The van der Waals surface area contributed by atoms with E-state index in [1.165, 1.54) is 5.56 Å². The lowest BCUT2D eigenvalue weighted by Crippen LogP contribution is -2.14. The Kier molecular flexibility index (Phi) is 3.39. The number of carbonyl (C=O) groups is 1. The number of ether oxygens (including phenoxy) is 1. The van der Waals surface area contributed by atoms with Crippen LogP contribution in [-0.4, -0.2) is 18.5 Å². The quantitative estimate of drug-likeness (QED) is 0.722. The highest BCUT2D eigenvalue weighted by atomic mass is 35.5. The van der Waals surface area contributed by atoms with Gasteiger partial charge in [-0.3, -0.25) is 4.79 Å². The molecule has 1 aliphatic rings. The highest BCUT2D eigenvalue weighted by Crippen LogP contribution is 2.26. The van der Waals surface area contributed by atoms with Crippen molar-refractivity contribution in [2.24, 2.45) is 0 Å². The van der Waals surface area contributed by atoms with Gasteiger partial charge in [-0.05, 0) is 48.1 Å². The molecule has 0 bridgehead atoms. The number of hydrogen-bond donors (Lipinski definition) is 0. The highest BCUT2D eigenvalue weighted by molar-refractivity contribution is 6.67. The van der Waals surface area contributed by atoms with Crippen LogP contribution in [0.1, 0.15) is 34.7 Å². The molecule has 0 aliphatic carbocycles. The van der Waals surface area contributed by atoms with E-state index in [0.29, 0.717) is 11.5 Å². The first-order valence-corrected chi connectivity index (χ1v) is 5.52. The van der Waals surface area contributed by atoms with E-state index in [4.69, 9.17) is 16.3 Å². The minimum Gasteiger partial charge on any atom is -0.381 e. The van der Waals surface area contributed by atoms with Crippen molar-refractivity contribution in [2.75, 3.05) is 13.2 Å². The smallest absolute Gasteiger partial charge is 0.252 e. The summed E-state index contributed by atoms with van der Waals surface area (Å²) in [4.78, 5) is 10.9. The van der Waals surface area contributed by atoms with Crippen LogP contribution in [0.15, 0.2) is 24.3 Å². The maximum Gasteiger partial charge on any atom is 0.252 e. The fourth-order valence-corrected chi connectivity index (χ4v) is 2.04. The molecule has 1 heterocycles. The summed E-state index contributed by atoms with van der Waals surface area (Å²) in [7, 11) is 0. The van der Waals surface area contributed by atoms with Gasteiger partial charge in [0.1, 0.15) is 0 Å². The Morgan fingerprint density at radius 3 is 2.33 bits per heavy atom. The lowest BCUT2D eigenvalue weighted by molar-refractivity contribution is 0.0853.